The van der Waals surface area contributed by atoms with Crippen LogP contribution in [0.3, 0.4) is 0 Å². The summed E-state index contributed by atoms with van der Waals surface area (Å²) in [4.78, 5) is 32.2. The molecule has 0 saturated carbocycles. The second-order valence-corrected chi connectivity index (χ2v) is 3.59. The number of ether oxygens (including phenoxy) is 1. The zero-order chi connectivity index (χ0) is 10.6. The lowest BCUT2D eigenvalue weighted by Gasteiger charge is -2.07. The van der Waals surface area contributed by atoms with E-state index >= 15 is 0 Å². The number of carbonyl (C=O) groups is 3. The molecule has 0 aliphatic carbocycles. The molecule has 0 bridgehead atoms. The van der Waals surface area contributed by atoms with E-state index in [0.29, 0.717) is 12.8 Å². The lowest BCUT2D eigenvalue weighted by atomic mass is 9.91. The highest BCUT2D eigenvalue weighted by molar-refractivity contribution is 5.96. The maximum absolute atomic E-state index is 11.1. The van der Waals surface area contributed by atoms with Crippen LogP contribution < -0.4 is 0 Å². The van der Waals surface area contributed by atoms with Gasteiger partial charge in [-0.1, -0.05) is 13.3 Å². The van der Waals surface area contributed by atoms with Crippen molar-refractivity contribution in [3.05, 3.63) is 0 Å². The lowest BCUT2D eigenvalue weighted by molar-refractivity contribution is -0.153. The zero-order valence-electron chi connectivity index (χ0n) is 8.19. The summed E-state index contributed by atoms with van der Waals surface area (Å²) >= 11 is 0. The third kappa shape index (κ3) is 2.40. The predicted octanol–water partition coefficient (Wildman–Crippen LogP) is 1.08. The minimum Gasteiger partial charge on any atom is -0.393 e. The molecule has 0 aromatic heterocycles. The molecule has 1 heterocycles. The number of cyclic esters (lactones) is 2. The lowest BCUT2D eigenvalue weighted by Crippen LogP contribution is -2.14. The normalized spacial score (nSPS) is 26.4. The van der Waals surface area contributed by atoms with E-state index in [1.165, 1.54) is 0 Å². The summed E-state index contributed by atoms with van der Waals surface area (Å²) in [5.74, 6) is -1.45. The first-order valence-electron chi connectivity index (χ1n) is 4.86. The van der Waals surface area contributed by atoms with E-state index < -0.39 is 11.9 Å². The molecule has 1 fully saturated rings. The summed E-state index contributed by atoms with van der Waals surface area (Å²) in [6, 6.07) is 0. The molecule has 2 atom stereocenters. The summed E-state index contributed by atoms with van der Waals surface area (Å²) in [6.45, 7) is 1.71. The summed E-state index contributed by atoms with van der Waals surface area (Å²) in [5.41, 5.74) is 0. The van der Waals surface area contributed by atoms with Crippen LogP contribution in [0.5, 0.6) is 0 Å². The molecule has 1 aliphatic rings. The van der Waals surface area contributed by atoms with Gasteiger partial charge in [0.2, 0.25) is 0 Å². The number of esters is 2. The summed E-state index contributed by atoms with van der Waals surface area (Å²) < 4.78 is 4.50. The first kappa shape index (κ1) is 10.9. The second kappa shape index (κ2) is 4.88. The quantitative estimate of drug-likeness (QED) is 0.287. The molecule has 0 N–H and O–H groups in total. The van der Waals surface area contributed by atoms with E-state index in [1.54, 1.807) is 6.92 Å². The van der Waals surface area contributed by atoms with Gasteiger partial charge in [-0.05, 0) is 12.8 Å². The first-order chi connectivity index (χ1) is 6.66. The fraction of sp³-hybridized carbons (Fsp3) is 0.700. The Bertz CT molecular complexity index is 247. The Morgan fingerprint density at radius 2 is 2.00 bits per heavy atom. The van der Waals surface area contributed by atoms with Gasteiger partial charge in [-0.2, -0.15) is 0 Å². The average molecular weight is 198 g/mol. The Balaban J connectivity index is 2.33. The summed E-state index contributed by atoms with van der Waals surface area (Å²) in [5, 5.41) is 0. The minimum absolute atomic E-state index is 0.297. The number of hydrogen-bond donors (Lipinski definition) is 0. The molecule has 1 rings (SSSR count). The van der Waals surface area contributed by atoms with Crippen LogP contribution in [0, 0.1) is 11.8 Å². The van der Waals surface area contributed by atoms with E-state index in [1.807, 2.05) is 0 Å². The van der Waals surface area contributed by atoms with E-state index in [-0.39, 0.29) is 11.8 Å². The van der Waals surface area contributed by atoms with Crippen molar-refractivity contribution in [2.75, 3.05) is 0 Å². The van der Waals surface area contributed by atoms with Gasteiger partial charge in [-0.15, -0.1) is 0 Å². The Labute approximate surface area is 82.6 Å². The Hall–Kier alpha value is -1.19. The van der Waals surface area contributed by atoms with Gasteiger partial charge >= 0.3 is 11.9 Å². The molecule has 1 aliphatic heterocycles. The van der Waals surface area contributed by atoms with Gasteiger partial charge < -0.3 is 9.53 Å². The van der Waals surface area contributed by atoms with E-state index in [2.05, 4.69) is 4.74 Å². The van der Waals surface area contributed by atoms with Crippen LogP contribution in [0.4, 0.5) is 0 Å². The molecule has 78 valence electrons. The molecule has 0 radical (unpaired) electrons. The Kier molecular flexibility index (Phi) is 3.80. The highest BCUT2D eigenvalue weighted by atomic mass is 16.6. The van der Waals surface area contributed by atoms with Gasteiger partial charge in [0, 0.05) is 6.42 Å². The largest absolute Gasteiger partial charge is 0.393 e. The van der Waals surface area contributed by atoms with Crippen molar-refractivity contribution in [1.29, 1.82) is 0 Å². The minimum atomic E-state index is -0.421. The summed E-state index contributed by atoms with van der Waals surface area (Å²) in [7, 11) is 0. The average Bonchev–Trinajstić information content (AvgIpc) is 2.38. The maximum atomic E-state index is 11.1. The van der Waals surface area contributed by atoms with Gasteiger partial charge in [0.15, 0.2) is 0 Å². The fourth-order valence-corrected chi connectivity index (χ4v) is 1.60. The van der Waals surface area contributed by atoms with E-state index in [9.17, 15) is 14.4 Å². The third-order valence-electron chi connectivity index (χ3n) is 2.57. The van der Waals surface area contributed by atoms with Gasteiger partial charge in [0.05, 0.1) is 11.8 Å². The molecule has 0 aromatic carbocycles. The smallest absolute Gasteiger partial charge is 0.317 e. The molecule has 4 nitrogen and oxygen atoms in total. The topological polar surface area (TPSA) is 60.4 Å². The standard InChI is InChI=1S/C10H14O4/c1-7-8(5-3-2-4-6-11)10(13)14-9(7)12/h6-8H,2-5H2,1H3. The monoisotopic (exact) mass is 198 g/mol. The number of carbonyl (C=O) groups excluding carboxylic acids is 3. The van der Waals surface area contributed by atoms with Crippen LogP contribution in [-0.2, 0) is 19.1 Å². The van der Waals surface area contributed by atoms with Crippen LogP contribution in [0.1, 0.15) is 32.6 Å². The van der Waals surface area contributed by atoms with E-state index in [0.717, 1.165) is 19.1 Å². The Morgan fingerprint density at radius 3 is 2.50 bits per heavy atom. The SMILES string of the molecule is CC1C(=O)OC(=O)C1CCCCC=O. The highest BCUT2D eigenvalue weighted by Gasteiger charge is 2.40. The van der Waals surface area contributed by atoms with Crippen LogP contribution in [-0.4, -0.2) is 18.2 Å². The zero-order valence-corrected chi connectivity index (χ0v) is 8.19. The fourth-order valence-electron chi connectivity index (χ4n) is 1.60. The van der Waals surface area contributed by atoms with Crippen molar-refractivity contribution in [2.24, 2.45) is 11.8 Å². The second-order valence-electron chi connectivity index (χ2n) is 3.59. The van der Waals surface area contributed by atoms with Gasteiger partial charge in [-0.25, -0.2) is 0 Å². The van der Waals surface area contributed by atoms with Crippen LogP contribution in [0.2, 0.25) is 0 Å². The number of hydrogen-bond acceptors (Lipinski definition) is 4. The molecule has 14 heavy (non-hydrogen) atoms. The van der Waals surface area contributed by atoms with Crippen molar-refractivity contribution >= 4 is 18.2 Å². The molecule has 4 heteroatoms. The van der Waals surface area contributed by atoms with Gasteiger partial charge in [-0.3, -0.25) is 9.59 Å². The molecular weight excluding hydrogens is 184 g/mol. The van der Waals surface area contributed by atoms with Crippen LogP contribution >= 0.6 is 0 Å². The predicted molar refractivity (Wildman–Crippen MR) is 48.3 cm³/mol. The van der Waals surface area contributed by atoms with Crippen molar-refractivity contribution in [1.82, 2.24) is 0 Å². The van der Waals surface area contributed by atoms with Crippen molar-refractivity contribution < 1.29 is 19.1 Å². The van der Waals surface area contributed by atoms with Crippen molar-refractivity contribution in [2.45, 2.75) is 32.6 Å². The van der Waals surface area contributed by atoms with Crippen LogP contribution in [0.15, 0.2) is 0 Å². The van der Waals surface area contributed by atoms with E-state index in [4.69, 9.17) is 0 Å². The molecule has 0 spiro atoms. The molecule has 0 aromatic rings. The maximum Gasteiger partial charge on any atom is 0.317 e. The molecular formula is C10H14O4. The Morgan fingerprint density at radius 1 is 1.29 bits per heavy atom. The molecule has 0 amide bonds. The molecule has 1 saturated heterocycles. The third-order valence-corrected chi connectivity index (χ3v) is 2.57. The summed E-state index contributed by atoms with van der Waals surface area (Å²) in [6.07, 6.45) is 3.58. The van der Waals surface area contributed by atoms with Crippen molar-refractivity contribution in [3.63, 3.8) is 0 Å². The number of unbranched alkanes of at least 4 members (excludes halogenated alkanes) is 2. The highest BCUT2D eigenvalue weighted by Crippen LogP contribution is 2.27. The van der Waals surface area contributed by atoms with Crippen molar-refractivity contribution in [3.8, 4) is 0 Å². The first-order valence-corrected chi connectivity index (χ1v) is 4.86. The van der Waals surface area contributed by atoms with Gasteiger partial charge in [0.1, 0.15) is 6.29 Å². The number of aldehydes is 1. The van der Waals surface area contributed by atoms with Gasteiger partial charge in [0.25, 0.3) is 0 Å². The molecule has 2 unspecified atom stereocenters. The number of rotatable bonds is 5. The van der Waals surface area contributed by atoms with Crippen LogP contribution in [0.25, 0.3) is 0 Å².